The average molecular weight is 2090 g/mol. The molecule has 3 radical (unpaired) electrons. The molecule has 6 aromatic rings. The zero-order valence-electron chi connectivity index (χ0n) is 81.1. The molecule has 6 bridgehead atoms. The topological polar surface area (TPSA) is 388 Å². The van der Waals surface area contributed by atoms with E-state index in [4.69, 9.17) is 56.8 Å². The Balaban J connectivity index is 0.000000217. The minimum atomic E-state index is -3.38. The van der Waals surface area contributed by atoms with Crippen molar-refractivity contribution in [2.24, 2.45) is 51.8 Å². The Kier molecular flexibility index (Phi) is 34.4. The first-order chi connectivity index (χ1) is 65.9. The van der Waals surface area contributed by atoms with E-state index in [1.165, 1.54) is 36.0 Å². The van der Waals surface area contributed by atoms with Gasteiger partial charge in [0.2, 0.25) is 35.4 Å². The molecule has 771 valence electrons. The summed E-state index contributed by atoms with van der Waals surface area (Å²) in [7, 11) is 4.47. The van der Waals surface area contributed by atoms with E-state index in [9.17, 15) is 43.2 Å². The molecular weight excluding hydrogens is 1960 g/mol. The van der Waals surface area contributed by atoms with Gasteiger partial charge in [0.1, 0.15) is 71.0 Å². The SMILES string of the molecule is CC[C@@H]1[C@@H]2CN(C(=O)[C@H](C3(C)COC3)NC(=O)O[C@@H]3CCC[C@H]3CCCCC(F)(F)c3nc4ccc(OC)cc4nc3O2)[C@@H]1[C-]=O.CC[C@@H]1[C@@H]2CN(C(=O)[C@H](C3(C)COC3)NC(=O)O[C@]3(C)CCC[C@H]3CCCCC(F)(F)c3nc4ccc(OC)cc4nc3O2)[C@@H]1[C-]=O.CC[C@@H]1[C@@H]2CN(C(=O)[C@H](C3(C)COC3)NC(=O)O[C@]3(C)C[C@H]3CCCCC(F)(F)c3nc4ccc(OC)cc4nc3O2)[C@@H]1[C-]=O.[HH].[HH].[HH].[V].[V].[V]. The van der Waals surface area contributed by atoms with Gasteiger partial charge in [-0.3, -0.25) is 14.4 Å². The molecule has 18 rings (SSSR count). The average Bonchev–Trinajstić information content (AvgIpc) is 1.57. The van der Waals surface area contributed by atoms with Gasteiger partial charge in [-0.1, -0.05) is 98.2 Å². The minimum absolute atomic E-state index is 0. The van der Waals surface area contributed by atoms with Crippen molar-refractivity contribution in [3.8, 4) is 34.9 Å². The van der Waals surface area contributed by atoms with Crippen molar-refractivity contribution in [1.29, 1.82) is 0 Å². The molecule has 3 aliphatic carbocycles. The van der Waals surface area contributed by atoms with E-state index in [0.717, 1.165) is 25.7 Å². The Morgan fingerprint density at radius 2 is 0.716 bits per heavy atom. The smallest absolute Gasteiger partial charge is 0.408 e. The summed E-state index contributed by atoms with van der Waals surface area (Å²) in [5.74, 6) is -13.0. The number of ether oxygens (including phenoxy) is 12. The number of nitrogens with zero attached hydrogens (tertiary/aromatic N) is 9. The second kappa shape index (κ2) is 44.5. The summed E-state index contributed by atoms with van der Waals surface area (Å²) in [5, 5.41) is 8.42. The van der Waals surface area contributed by atoms with Gasteiger partial charge in [0.15, 0.2) is 17.1 Å². The van der Waals surface area contributed by atoms with Crippen LogP contribution < -0.4 is 44.4 Å². The fourth-order valence-electron chi connectivity index (χ4n) is 22.1. The summed E-state index contributed by atoms with van der Waals surface area (Å²) in [6, 6.07) is 8.08. The molecule has 12 aliphatic rings. The number of fused-ring (bicyclic) bond motifs is 15. The van der Waals surface area contributed by atoms with E-state index in [2.05, 4.69) is 45.9 Å². The Hall–Kier alpha value is -9.08. The normalized spacial score (nSPS) is 31.5. The van der Waals surface area contributed by atoms with E-state index in [1.807, 2.05) is 74.2 Å². The van der Waals surface area contributed by atoms with Gasteiger partial charge in [-0.15, -0.1) is 0 Å². The van der Waals surface area contributed by atoms with Crippen molar-refractivity contribution < 1.29 is 186 Å². The fourth-order valence-corrected chi connectivity index (χ4v) is 22.1. The van der Waals surface area contributed by atoms with Crippen molar-refractivity contribution in [3.05, 3.63) is 71.7 Å². The molecule has 12 heterocycles. The number of carbonyl (C=O) groups excluding carboxylic acids is 9. The number of halogens is 6. The van der Waals surface area contributed by atoms with Crippen molar-refractivity contribution in [1.82, 2.24) is 60.6 Å². The van der Waals surface area contributed by atoms with Crippen molar-refractivity contribution >= 4 is 88.0 Å². The van der Waals surface area contributed by atoms with Crippen LogP contribution >= 0.6 is 0 Å². The van der Waals surface area contributed by atoms with Crippen LogP contribution in [0.2, 0.25) is 0 Å². The second-order valence-corrected chi connectivity index (χ2v) is 40.6. The summed E-state index contributed by atoms with van der Waals surface area (Å²) in [4.78, 5) is 150. The zero-order valence-corrected chi connectivity index (χ0v) is 85.3. The van der Waals surface area contributed by atoms with Crippen LogP contribution in [-0.2, 0) is 131 Å². The standard InChI is InChI=1S/C34H43F2N4O7.C33H41F2N4O7.C32H39F2N4O7.3V.3H2/c1-5-22-25(17-41)40-16-26(22)46-29-27(37-23-12-11-21(44-4)15-24(23)38-29)34(35,36)14-7-6-9-20-10-8-13-33(20,3)47-31(43)39-28(30(40)42)32(2)18-45-19-32;1-4-21-24(16-40)39-15-26(21)45-29-27(36-22-12-11-20(43-3)14-23(22)37-29)33(34,35)13-6-5-8-19-9-7-10-25(19)46-31(42)38-28(30(39)41)32(2)17-44-18-32;1-5-20-23(15-39)38-14-24(20)44-27-25(35-21-10-9-19(42-4)12-22(21)36-27)32(33,34)11-7-6-8-18-13-31(18,3)45-29(41)37-26(28(38)40)30(2)16-43-17-30;;;;;;/h11-12,15,20,22,25-26,28H,5-10,13-14,16,18-19H2,1-4H3,(H,39,43);11-12,14,19,21,24-26,28H,4-10,13,15,17-18H2,1-3H3,(H,38,42);9-10,12,18,20,23-24,26H,5-8,11,13-14,16-17H2,1-4H3,(H,37,41);;;;3*1H/q3*-1;;;;;;/t20-,22+,25-,26+,28-,33-;19-,21+,24-,25-,26+,28-;18-,20+,23-,24+,26-,31-;;;;;;/m111....../s1. The van der Waals surface area contributed by atoms with Gasteiger partial charge in [-0.25, -0.2) is 63.1 Å². The van der Waals surface area contributed by atoms with Crippen LogP contribution in [0.3, 0.4) is 0 Å². The predicted molar refractivity (Wildman–Crippen MR) is 490 cm³/mol. The van der Waals surface area contributed by atoms with Gasteiger partial charge in [-0.2, -0.15) is 26.3 Å². The third-order valence-corrected chi connectivity index (χ3v) is 30.8. The van der Waals surface area contributed by atoms with Gasteiger partial charge in [0.25, 0.3) is 17.8 Å². The molecule has 9 aliphatic heterocycles. The monoisotopic (exact) mass is 2090 g/mol. The third-order valence-electron chi connectivity index (χ3n) is 30.8. The summed E-state index contributed by atoms with van der Waals surface area (Å²) in [6.07, 6.45) is 9.69. The number of hydrogen-bond donors (Lipinski definition) is 3. The van der Waals surface area contributed by atoms with Crippen LogP contribution in [0, 0.1) is 51.8 Å². The minimum Gasteiger partial charge on any atom is -0.540 e. The number of benzene rings is 3. The summed E-state index contributed by atoms with van der Waals surface area (Å²) in [5.41, 5.74) is -3.84. The van der Waals surface area contributed by atoms with Crippen molar-refractivity contribution in [3.63, 3.8) is 0 Å². The van der Waals surface area contributed by atoms with E-state index in [1.54, 1.807) is 54.6 Å². The summed E-state index contributed by atoms with van der Waals surface area (Å²) in [6.45, 7) is 15.7. The van der Waals surface area contributed by atoms with Crippen LogP contribution in [0.4, 0.5) is 40.7 Å². The molecule has 3 saturated carbocycles. The van der Waals surface area contributed by atoms with Crippen LogP contribution in [-0.4, -0.2) is 252 Å². The first-order valence-electron chi connectivity index (χ1n) is 48.3. The molecular formula is C99H129F6N12O21V3-3. The third kappa shape index (κ3) is 22.7. The molecule has 3 aromatic carbocycles. The molecule has 18 atom stereocenters. The van der Waals surface area contributed by atoms with E-state index >= 15 is 26.3 Å². The molecule has 9 fully saturated rings. The second-order valence-electron chi connectivity index (χ2n) is 40.6. The van der Waals surface area contributed by atoms with Crippen LogP contribution in [0.1, 0.15) is 218 Å². The maximum absolute atomic E-state index is 16.1. The van der Waals surface area contributed by atoms with Gasteiger partial charge in [0.05, 0.1) is 114 Å². The Bertz CT molecular complexity index is 5570. The molecule has 141 heavy (non-hydrogen) atoms. The van der Waals surface area contributed by atoms with Gasteiger partial charge >= 0.3 is 18.3 Å². The van der Waals surface area contributed by atoms with E-state index < -0.39 is 190 Å². The van der Waals surface area contributed by atoms with Gasteiger partial charge in [0, 0.05) is 120 Å². The van der Waals surface area contributed by atoms with Crippen molar-refractivity contribution in [2.75, 3.05) is 80.6 Å². The Labute approximate surface area is 854 Å². The first-order valence-corrected chi connectivity index (χ1v) is 48.3. The number of alkyl halides is 6. The number of methoxy groups -OCH3 is 3. The Morgan fingerprint density at radius 1 is 0.390 bits per heavy atom. The molecule has 3 aromatic heterocycles. The number of hydrogen-bond acceptors (Lipinski definition) is 27. The molecule has 6 amide bonds. The molecule has 0 spiro atoms. The number of nitrogens with one attached hydrogen (secondary N) is 3. The van der Waals surface area contributed by atoms with E-state index in [0.29, 0.717) is 111 Å². The maximum atomic E-state index is 16.1. The fraction of sp³-hybridized carbons (Fsp3) is 0.667. The van der Waals surface area contributed by atoms with Gasteiger partial charge < -0.3 is 102 Å². The molecule has 33 nitrogen and oxygen atoms in total. The number of rotatable bonds is 12. The summed E-state index contributed by atoms with van der Waals surface area (Å²) >= 11 is 0. The predicted octanol–water partition coefficient (Wildman–Crippen LogP) is 14.8. The summed E-state index contributed by atoms with van der Waals surface area (Å²) < 4.78 is 165. The molecule has 6 saturated heterocycles. The number of carbonyl (C=O) groups is 6. The number of amides is 6. The maximum Gasteiger partial charge on any atom is 0.408 e. The van der Waals surface area contributed by atoms with Crippen molar-refractivity contribution in [2.45, 2.75) is 286 Å². The van der Waals surface area contributed by atoms with Crippen LogP contribution in [0.25, 0.3) is 33.1 Å². The quantitative estimate of drug-likeness (QED) is 0.0582. The van der Waals surface area contributed by atoms with E-state index in [-0.39, 0.29) is 197 Å². The Morgan fingerprint density at radius 3 is 1.05 bits per heavy atom. The number of aromatic nitrogens is 6. The molecule has 3 N–H and O–H groups in total. The van der Waals surface area contributed by atoms with Crippen LogP contribution in [0.5, 0.6) is 34.9 Å². The van der Waals surface area contributed by atoms with Crippen LogP contribution in [0.15, 0.2) is 54.6 Å². The zero-order chi connectivity index (χ0) is 98.3. The largest absolute Gasteiger partial charge is 0.540 e. The molecule has 0 unspecified atom stereocenters. The van der Waals surface area contributed by atoms with Gasteiger partial charge in [-0.05, 0) is 163 Å². The molecule has 42 heteroatoms. The first kappa shape index (κ1) is 109. The number of alkyl carbamates (subject to hydrolysis) is 3.